The predicted molar refractivity (Wildman–Crippen MR) is 46.6 cm³/mol. The summed E-state index contributed by atoms with van der Waals surface area (Å²) in [6.07, 6.45) is 0.847. The molecule has 12 heavy (non-hydrogen) atoms. The number of carbonyl (C=O) groups is 1. The van der Waals surface area contributed by atoms with Crippen LogP contribution in [0.3, 0.4) is 0 Å². The van der Waals surface area contributed by atoms with Crippen molar-refractivity contribution in [2.24, 2.45) is 0 Å². The van der Waals surface area contributed by atoms with Crippen molar-refractivity contribution in [3.8, 4) is 0 Å². The molecule has 0 bridgehead atoms. The highest BCUT2D eigenvalue weighted by atomic mass is 32.2. The molecule has 1 unspecified atom stereocenters. The van der Waals surface area contributed by atoms with E-state index in [2.05, 4.69) is 0 Å². The van der Waals surface area contributed by atoms with E-state index in [4.69, 9.17) is 5.11 Å². The first kappa shape index (κ1) is 9.67. The summed E-state index contributed by atoms with van der Waals surface area (Å²) in [4.78, 5) is 12.2. The van der Waals surface area contributed by atoms with Crippen LogP contribution < -0.4 is 0 Å². The molecule has 0 radical (unpaired) electrons. The van der Waals surface area contributed by atoms with Gasteiger partial charge < -0.3 is 5.11 Å². The van der Waals surface area contributed by atoms with E-state index in [1.54, 1.807) is 0 Å². The van der Waals surface area contributed by atoms with Crippen LogP contribution in [0.25, 0.3) is 0 Å². The summed E-state index contributed by atoms with van der Waals surface area (Å²) in [5, 5.41) is 8.51. The van der Waals surface area contributed by atoms with Gasteiger partial charge in [-0.1, -0.05) is 0 Å². The fourth-order valence-electron chi connectivity index (χ4n) is 1.24. The molecule has 0 aromatic rings. The minimum atomic E-state index is -0.803. The van der Waals surface area contributed by atoms with Gasteiger partial charge >= 0.3 is 5.97 Å². The minimum Gasteiger partial charge on any atom is -0.480 e. The first-order valence-corrected chi connectivity index (χ1v) is 5.46. The van der Waals surface area contributed by atoms with Gasteiger partial charge in [0, 0.05) is 28.9 Å². The molecule has 0 aromatic heterocycles. The van der Waals surface area contributed by atoms with Crippen molar-refractivity contribution in [2.45, 2.75) is 6.42 Å². The molecule has 0 spiro atoms. The number of rotatable bonds is 2. The third kappa shape index (κ3) is 3.32. The second kappa shape index (κ2) is 4.57. The van der Waals surface area contributed by atoms with Gasteiger partial charge in [0.2, 0.25) is 0 Å². The largest absolute Gasteiger partial charge is 0.480 e. The number of hydrogen-bond donors (Lipinski definition) is 1. The number of hydrogen-bond acceptors (Lipinski definition) is 3. The van der Waals surface area contributed by atoms with Crippen LogP contribution in [0.5, 0.6) is 0 Å². The van der Waals surface area contributed by atoms with Crippen molar-refractivity contribution >= 4 is 16.8 Å². The molecule has 0 saturated carbocycles. The molecule has 0 aliphatic carbocycles. The normalized spacial score (nSPS) is 26.5. The summed E-state index contributed by atoms with van der Waals surface area (Å²) in [7, 11) is -0.728. The summed E-state index contributed by atoms with van der Waals surface area (Å²) < 4.78 is 11.1. The van der Waals surface area contributed by atoms with E-state index in [1.807, 2.05) is 4.90 Å². The Bertz CT molecular complexity index is 195. The molecule has 1 aliphatic heterocycles. The van der Waals surface area contributed by atoms with Crippen LogP contribution >= 0.6 is 0 Å². The van der Waals surface area contributed by atoms with E-state index < -0.39 is 16.8 Å². The Morgan fingerprint density at radius 3 is 2.83 bits per heavy atom. The smallest absolute Gasteiger partial charge is 0.317 e. The van der Waals surface area contributed by atoms with Crippen LogP contribution in [-0.4, -0.2) is 51.3 Å². The zero-order valence-corrected chi connectivity index (χ0v) is 7.68. The second-order valence-corrected chi connectivity index (χ2v) is 4.57. The molecular formula is C7H13NO3S. The lowest BCUT2D eigenvalue weighted by molar-refractivity contribution is -0.138. The van der Waals surface area contributed by atoms with Gasteiger partial charge in [0.15, 0.2) is 0 Å². The van der Waals surface area contributed by atoms with Crippen molar-refractivity contribution in [3.05, 3.63) is 0 Å². The maximum atomic E-state index is 11.1. The topological polar surface area (TPSA) is 57.6 Å². The molecule has 1 atom stereocenters. The van der Waals surface area contributed by atoms with Crippen LogP contribution in [0.4, 0.5) is 0 Å². The lowest BCUT2D eigenvalue weighted by Gasteiger charge is -2.15. The Morgan fingerprint density at radius 2 is 2.17 bits per heavy atom. The van der Waals surface area contributed by atoms with Gasteiger partial charge in [0.05, 0.1) is 6.54 Å². The van der Waals surface area contributed by atoms with E-state index in [-0.39, 0.29) is 6.54 Å². The van der Waals surface area contributed by atoms with Gasteiger partial charge in [0.25, 0.3) is 0 Å². The third-order valence-electron chi connectivity index (χ3n) is 1.84. The van der Waals surface area contributed by atoms with E-state index in [1.165, 1.54) is 0 Å². The van der Waals surface area contributed by atoms with Crippen LogP contribution in [0.1, 0.15) is 6.42 Å². The number of carboxylic acids is 1. The SMILES string of the molecule is O=C(O)CN1CCCS(=O)CC1. The van der Waals surface area contributed by atoms with Crippen molar-refractivity contribution in [1.29, 1.82) is 0 Å². The van der Waals surface area contributed by atoms with Crippen LogP contribution in [-0.2, 0) is 15.6 Å². The van der Waals surface area contributed by atoms with E-state index in [0.717, 1.165) is 18.7 Å². The summed E-state index contributed by atoms with van der Waals surface area (Å²) in [6.45, 7) is 1.49. The first-order valence-electron chi connectivity index (χ1n) is 3.97. The Hall–Kier alpha value is -0.420. The Labute approximate surface area is 74.0 Å². The van der Waals surface area contributed by atoms with E-state index in [9.17, 15) is 9.00 Å². The highest BCUT2D eigenvalue weighted by Crippen LogP contribution is 2.00. The molecule has 1 N–H and O–H groups in total. The van der Waals surface area contributed by atoms with Gasteiger partial charge in [-0.2, -0.15) is 0 Å². The van der Waals surface area contributed by atoms with E-state index in [0.29, 0.717) is 12.3 Å². The molecule has 70 valence electrons. The highest BCUT2D eigenvalue weighted by Gasteiger charge is 2.14. The molecule has 1 fully saturated rings. The Morgan fingerprint density at radius 1 is 1.42 bits per heavy atom. The molecule has 1 heterocycles. The summed E-state index contributed by atoms with van der Waals surface area (Å²) in [5.74, 6) is 0.534. The molecule has 1 aliphatic rings. The maximum Gasteiger partial charge on any atom is 0.317 e. The number of carboxylic acid groups (broad SMARTS) is 1. The quantitative estimate of drug-likeness (QED) is 0.641. The average Bonchev–Trinajstić information content (AvgIpc) is 2.15. The van der Waals surface area contributed by atoms with Crippen LogP contribution in [0.15, 0.2) is 0 Å². The molecular weight excluding hydrogens is 178 g/mol. The number of nitrogens with zero attached hydrogens (tertiary/aromatic N) is 1. The molecule has 5 heteroatoms. The highest BCUT2D eigenvalue weighted by molar-refractivity contribution is 7.85. The standard InChI is InChI=1S/C7H13NO3S/c9-7(10)6-8-2-1-4-12(11)5-3-8/h1-6H2,(H,9,10). The van der Waals surface area contributed by atoms with Gasteiger partial charge in [-0.05, 0) is 13.0 Å². The van der Waals surface area contributed by atoms with Crippen LogP contribution in [0.2, 0.25) is 0 Å². The monoisotopic (exact) mass is 191 g/mol. The average molecular weight is 191 g/mol. The molecule has 0 amide bonds. The van der Waals surface area contributed by atoms with Gasteiger partial charge in [-0.15, -0.1) is 0 Å². The van der Waals surface area contributed by atoms with Crippen molar-refractivity contribution in [1.82, 2.24) is 4.90 Å². The Kier molecular flexibility index (Phi) is 3.68. The van der Waals surface area contributed by atoms with Gasteiger partial charge in [-0.25, -0.2) is 0 Å². The lowest BCUT2D eigenvalue weighted by Crippen LogP contribution is -2.31. The third-order valence-corrected chi connectivity index (χ3v) is 3.22. The second-order valence-electron chi connectivity index (χ2n) is 2.87. The zero-order valence-electron chi connectivity index (χ0n) is 6.86. The lowest BCUT2D eigenvalue weighted by atomic mass is 10.4. The minimum absolute atomic E-state index is 0.0806. The molecule has 4 nitrogen and oxygen atoms in total. The van der Waals surface area contributed by atoms with Crippen molar-refractivity contribution in [2.75, 3.05) is 31.1 Å². The molecule has 0 aromatic carbocycles. The Balaban J connectivity index is 2.35. The zero-order chi connectivity index (χ0) is 8.97. The maximum absolute atomic E-state index is 11.1. The van der Waals surface area contributed by atoms with E-state index >= 15 is 0 Å². The number of aliphatic carboxylic acids is 1. The van der Waals surface area contributed by atoms with Gasteiger partial charge in [-0.3, -0.25) is 13.9 Å². The first-order chi connectivity index (χ1) is 5.68. The van der Waals surface area contributed by atoms with Gasteiger partial charge in [0.1, 0.15) is 0 Å². The summed E-state index contributed by atoms with van der Waals surface area (Å²) in [5.41, 5.74) is 0. The fourth-order valence-corrected chi connectivity index (χ4v) is 2.36. The summed E-state index contributed by atoms with van der Waals surface area (Å²) in [6, 6.07) is 0. The molecule has 1 rings (SSSR count). The molecule has 1 saturated heterocycles. The van der Waals surface area contributed by atoms with Crippen molar-refractivity contribution < 1.29 is 14.1 Å². The fraction of sp³-hybridized carbons (Fsp3) is 0.857. The van der Waals surface area contributed by atoms with Crippen molar-refractivity contribution in [3.63, 3.8) is 0 Å². The summed E-state index contributed by atoms with van der Waals surface area (Å²) >= 11 is 0. The van der Waals surface area contributed by atoms with Crippen LogP contribution in [0, 0.1) is 0 Å². The predicted octanol–water partition coefficient (Wildman–Crippen LogP) is -0.475.